The van der Waals surface area contributed by atoms with Gasteiger partial charge in [-0.3, -0.25) is 4.79 Å². The Hall–Kier alpha value is -0.530. The number of carboxylic acid groups (broad SMARTS) is 1. The van der Waals surface area contributed by atoms with Gasteiger partial charge in [-0.1, -0.05) is 188 Å². The lowest BCUT2D eigenvalue weighted by atomic mass is 9.74. The maximum atomic E-state index is 12.2. The molecule has 0 fully saturated rings. The number of carbonyl (C=O) groups is 1. The molecular formula is C35H70O2. The van der Waals surface area contributed by atoms with Gasteiger partial charge >= 0.3 is 5.97 Å². The van der Waals surface area contributed by atoms with Gasteiger partial charge < -0.3 is 5.11 Å². The van der Waals surface area contributed by atoms with E-state index >= 15 is 0 Å². The predicted molar refractivity (Wildman–Crippen MR) is 166 cm³/mol. The van der Waals surface area contributed by atoms with Crippen LogP contribution in [-0.4, -0.2) is 11.1 Å². The number of unbranched alkanes of at least 4 members (excludes halogenated alkanes) is 21. The molecule has 0 saturated carbocycles. The minimum absolute atomic E-state index is 0.532. The van der Waals surface area contributed by atoms with Crippen molar-refractivity contribution in [1.29, 1.82) is 0 Å². The van der Waals surface area contributed by atoms with Crippen LogP contribution in [0.1, 0.15) is 207 Å². The predicted octanol–water partition coefficient (Wildman–Crippen LogP) is 12.7. The molecule has 222 valence electrons. The quantitative estimate of drug-likeness (QED) is 0.0952. The third-order valence-electron chi connectivity index (χ3n) is 8.77. The van der Waals surface area contributed by atoms with Crippen LogP contribution in [0, 0.1) is 11.3 Å². The van der Waals surface area contributed by atoms with E-state index in [0.717, 1.165) is 32.1 Å². The van der Waals surface area contributed by atoms with E-state index in [1.54, 1.807) is 0 Å². The van der Waals surface area contributed by atoms with Gasteiger partial charge in [0, 0.05) is 0 Å². The molecule has 0 aromatic carbocycles. The fraction of sp³-hybridized carbons (Fsp3) is 0.971. The van der Waals surface area contributed by atoms with Gasteiger partial charge in [0.15, 0.2) is 0 Å². The monoisotopic (exact) mass is 523 g/mol. The molecule has 1 N–H and O–H groups in total. The van der Waals surface area contributed by atoms with Crippen molar-refractivity contribution in [3.8, 4) is 0 Å². The first-order valence-corrected chi connectivity index (χ1v) is 17.2. The molecule has 2 heteroatoms. The van der Waals surface area contributed by atoms with Crippen LogP contribution < -0.4 is 0 Å². The van der Waals surface area contributed by atoms with Crippen LogP contribution in [0.4, 0.5) is 0 Å². The second-order valence-corrected chi connectivity index (χ2v) is 12.7. The molecule has 0 aromatic heterocycles. The van der Waals surface area contributed by atoms with Crippen LogP contribution >= 0.6 is 0 Å². The molecule has 0 bridgehead atoms. The Bertz CT molecular complexity index is 474. The van der Waals surface area contributed by atoms with Gasteiger partial charge in [0.2, 0.25) is 0 Å². The van der Waals surface area contributed by atoms with E-state index in [0.29, 0.717) is 5.92 Å². The minimum Gasteiger partial charge on any atom is -0.481 e. The Labute approximate surface area is 234 Å². The van der Waals surface area contributed by atoms with E-state index in [9.17, 15) is 9.90 Å². The van der Waals surface area contributed by atoms with Crippen LogP contribution in [0.3, 0.4) is 0 Å². The maximum absolute atomic E-state index is 12.2. The molecule has 37 heavy (non-hydrogen) atoms. The average Bonchev–Trinajstić information content (AvgIpc) is 2.88. The van der Waals surface area contributed by atoms with Crippen LogP contribution in [0.25, 0.3) is 0 Å². The minimum atomic E-state index is -0.560. The van der Waals surface area contributed by atoms with E-state index in [1.165, 1.54) is 148 Å². The summed E-state index contributed by atoms with van der Waals surface area (Å²) in [6.07, 6.45) is 36.6. The van der Waals surface area contributed by atoms with E-state index in [1.807, 2.05) is 6.92 Å². The SMILES string of the molecule is CCCCCCCCCCCCCCC(CCCCCCCCCCC)CC(C)(CCCCC)C(=O)O. The summed E-state index contributed by atoms with van der Waals surface area (Å²) < 4.78 is 0. The zero-order valence-corrected chi connectivity index (χ0v) is 26.2. The fourth-order valence-electron chi connectivity index (χ4n) is 6.06. The molecule has 0 aliphatic rings. The summed E-state index contributed by atoms with van der Waals surface area (Å²) >= 11 is 0. The fourth-order valence-corrected chi connectivity index (χ4v) is 6.06. The molecule has 0 spiro atoms. The molecule has 0 aromatic rings. The van der Waals surface area contributed by atoms with Crippen molar-refractivity contribution in [3.63, 3.8) is 0 Å². The van der Waals surface area contributed by atoms with Crippen LogP contribution in [0.15, 0.2) is 0 Å². The van der Waals surface area contributed by atoms with Gasteiger partial charge in [-0.15, -0.1) is 0 Å². The number of hydrogen-bond acceptors (Lipinski definition) is 1. The Morgan fingerprint density at radius 3 is 1.14 bits per heavy atom. The smallest absolute Gasteiger partial charge is 0.309 e. The zero-order valence-electron chi connectivity index (χ0n) is 26.2. The molecule has 0 radical (unpaired) electrons. The van der Waals surface area contributed by atoms with Crippen LogP contribution in [0.2, 0.25) is 0 Å². The first kappa shape index (κ1) is 36.5. The van der Waals surface area contributed by atoms with Gasteiger partial charge in [-0.25, -0.2) is 0 Å². The molecular weight excluding hydrogens is 452 g/mol. The Morgan fingerprint density at radius 2 is 0.811 bits per heavy atom. The third-order valence-corrected chi connectivity index (χ3v) is 8.77. The van der Waals surface area contributed by atoms with Crippen LogP contribution in [0.5, 0.6) is 0 Å². The van der Waals surface area contributed by atoms with Crippen LogP contribution in [-0.2, 0) is 4.79 Å². The molecule has 2 nitrogen and oxygen atoms in total. The molecule has 0 aliphatic heterocycles. The lowest BCUT2D eigenvalue weighted by Gasteiger charge is -2.30. The summed E-state index contributed by atoms with van der Waals surface area (Å²) in [7, 11) is 0. The first-order chi connectivity index (χ1) is 18.0. The van der Waals surface area contributed by atoms with Gasteiger partial charge in [0.05, 0.1) is 5.41 Å². The standard InChI is InChI=1S/C35H70O2/c1-5-8-11-13-15-17-18-19-21-23-25-27-30-33(29-26-24-22-20-16-14-12-9-6-2)32-35(4,34(36)37)31-28-10-7-3/h33H,5-32H2,1-4H3,(H,36,37). The molecule has 0 saturated heterocycles. The van der Waals surface area contributed by atoms with Gasteiger partial charge in [-0.05, 0) is 25.7 Å². The van der Waals surface area contributed by atoms with E-state index < -0.39 is 11.4 Å². The highest BCUT2D eigenvalue weighted by Crippen LogP contribution is 2.37. The summed E-state index contributed by atoms with van der Waals surface area (Å²) in [5, 5.41) is 10.1. The van der Waals surface area contributed by atoms with Gasteiger partial charge in [0.25, 0.3) is 0 Å². The van der Waals surface area contributed by atoms with Crippen molar-refractivity contribution in [2.75, 3.05) is 0 Å². The molecule has 2 atom stereocenters. The Balaban J connectivity index is 4.31. The van der Waals surface area contributed by atoms with E-state index in [2.05, 4.69) is 20.8 Å². The number of rotatable bonds is 30. The second-order valence-electron chi connectivity index (χ2n) is 12.7. The third kappa shape index (κ3) is 23.1. The summed E-state index contributed by atoms with van der Waals surface area (Å²) in [4.78, 5) is 12.2. The average molecular weight is 523 g/mol. The van der Waals surface area contributed by atoms with Crippen molar-refractivity contribution >= 4 is 5.97 Å². The Morgan fingerprint density at radius 1 is 0.514 bits per heavy atom. The first-order valence-electron chi connectivity index (χ1n) is 17.2. The highest BCUT2D eigenvalue weighted by molar-refractivity contribution is 5.74. The molecule has 0 rings (SSSR count). The van der Waals surface area contributed by atoms with Crippen molar-refractivity contribution < 1.29 is 9.90 Å². The molecule has 0 heterocycles. The summed E-state index contributed by atoms with van der Waals surface area (Å²) in [6, 6.07) is 0. The maximum Gasteiger partial charge on any atom is 0.309 e. The summed E-state index contributed by atoms with van der Waals surface area (Å²) in [5.74, 6) is 0.0331. The highest BCUT2D eigenvalue weighted by Gasteiger charge is 2.34. The largest absolute Gasteiger partial charge is 0.481 e. The van der Waals surface area contributed by atoms with Crippen molar-refractivity contribution in [3.05, 3.63) is 0 Å². The molecule has 0 aliphatic carbocycles. The molecule has 2 unspecified atom stereocenters. The highest BCUT2D eigenvalue weighted by atomic mass is 16.4. The normalized spacial score (nSPS) is 14.1. The lowest BCUT2D eigenvalue weighted by Crippen LogP contribution is -2.30. The molecule has 0 amide bonds. The van der Waals surface area contributed by atoms with Crippen molar-refractivity contribution in [2.24, 2.45) is 11.3 Å². The van der Waals surface area contributed by atoms with E-state index in [-0.39, 0.29) is 0 Å². The van der Waals surface area contributed by atoms with Crippen molar-refractivity contribution in [2.45, 2.75) is 207 Å². The summed E-state index contributed by atoms with van der Waals surface area (Å²) in [5.41, 5.74) is -0.532. The lowest BCUT2D eigenvalue weighted by molar-refractivity contribution is -0.149. The zero-order chi connectivity index (χ0) is 27.5. The number of hydrogen-bond donors (Lipinski definition) is 1. The Kier molecular flexibility index (Phi) is 26.7. The second kappa shape index (κ2) is 27.1. The number of carboxylic acids is 1. The van der Waals surface area contributed by atoms with Gasteiger partial charge in [-0.2, -0.15) is 0 Å². The van der Waals surface area contributed by atoms with Crippen molar-refractivity contribution in [1.82, 2.24) is 0 Å². The van der Waals surface area contributed by atoms with Gasteiger partial charge in [0.1, 0.15) is 0 Å². The number of aliphatic carboxylic acids is 1. The summed E-state index contributed by atoms with van der Waals surface area (Å²) in [6.45, 7) is 8.82. The van der Waals surface area contributed by atoms with E-state index in [4.69, 9.17) is 0 Å². The topological polar surface area (TPSA) is 37.3 Å².